The summed E-state index contributed by atoms with van der Waals surface area (Å²) >= 11 is 1.60. The summed E-state index contributed by atoms with van der Waals surface area (Å²) in [4.78, 5) is 0. The van der Waals surface area contributed by atoms with Crippen molar-refractivity contribution in [1.82, 2.24) is 14.9 Å². The highest BCUT2D eigenvalue weighted by Crippen LogP contribution is 2.28. The van der Waals surface area contributed by atoms with E-state index in [1.54, 1.807) is 36.1 Å². The Balaban J connectivity index is 1.37. The van der Waals surface area contributed by atoms with E-state index in [9.17, 15) is 0 Å². The molecule has 0 unspecified atom stereocenters. The molecule has 0 spiro atoms. The van der Waals surface area contributed by atoms with Gasteiger partial charge in [-0.15, -0.1) is 10.2 Å². The maximum atomic E-state index is 5.94. The number of hydrogen-bond acceptors (Lipinski definition) is 6. The van der Waals surface area contributed by atoms with E-state index in [1.165, 1.54) is 16.7 Å². The molecule has 0 N–H and O–H groups in total. The molecule has 1 heterocycles. The Kier molecular flexibility index (Phi) is 7.76. The zero-order chi connectivity index (χ0) is 22.9. The summed E-state index contributed by atoms with van der Waals surface area (Å²) in [6.45, 7) is 2.66. The van der Waals surface area contributed by atoms with Crippen LogP contribution in [0.5, 0.6) is 11.5 Å². The van der Waals surface area contributed by atoms with E-state index in [0.717, 1.165) is 22.9 Å². The Morgan fingerprint density at radius 3 is 2.58 bits per heavy atom. The van der Waals surface area contributed by atoms with Crippen LogP contribution in [0.25, 0.3) is 0 Å². The van der Waals surface area contributed by atoms with Crippen molar-refractivity contribution >= 4 is 18.0 Å². The normalized spacial score (nSPS) is 11.1. The molecule has 3 aromatic carbocycles. The molecular weight excluding hydrogens is 432 g/mol. The highest BCUT2D eigenvalue weighted by Gasteiger charge is 2.07. The number of benzene rings is 3. The monoisotopic (exact) mass is 458 g/mol. The Morgan fingerprint density at radius 2 is 1.79 bits per heavy atom. The molecule has 0 bridgehead atoms. The van der Waals surface area contributed by atoms with Gasteiger partial charge in [0.25, 0.3) is 0 Å². The van der Waals surface area contributed by atoms with Crippen LogP contribution in [0.1, 0.15) is 22.3 Å². The van der Waals surface area contributed by atoms with Crippen molar-refractivity contribution in [3.8, 4) is 11.5 Å². The van der Waals surface area contributed by atoms with Crippen LogP contribution in [0.4, 0.5) is 0 Å². The molecule has 0 aliphatic rings. The lowest BCUT2D eigenvalue weighted by atomic mass is 10.2. The van der Waals surface area contributed by atoms with Crippen molar-refractivity contribution in [2.24, 2.45) is 5.10 Å². The Morgan fingerprint density at radius 1 is 0.970 bits per heavy atom. The second kappa shape index (κ2) is 11.3. The highest BCUT2D eigenvalue weighted by atomic mass is 32.2. The maximum absolute atomic E-state index is 5.94. The Hall–Kier alpha value is -3.58. The third-order valence-electron chi connectivity index (χ3n) is 5.00. The summed E-state index contributed by atoms with van der Waals surface area (Å²) in [5, 5.41) is 13.4. The van der Waals surface area contributed by atoms with Crippen molar-refractivity contribution < 1.29 is 9.47 Å². The molecule has 0 amide bonds. The van der Waals surface area contributed by atoms with Crippen LogP contribution in [0.2, 0.25) is 0 Å². The molecule has 0 aliphatic carbocycles. The van der Waals surface area contributed by atoms with Gasteiger partial charge in [-0.2, -0.15) is 9.78 Å². The number of thioether (sulfide) groups is 1. The van der Waals surface area contributed by atoms with Gasteiger partial charge in [0.05, 0.1) is 19.9 Å². The van der Waals surface area contributed by atoms with Crippen LogP contribution in [0, 0.1) is 6.92 Å². The number of ether oxygens (including phenoxy) is 2. The van der Waals surface area contributed by atoms with Gasteiger partial charge >= 0.3 is 0 Å². The second-order valence-electron chi connectivity index (χ2n) is 7.47. The lowest BCUT2D eigenvalue weighted by Crippen LogP contribution is -2.03. The van der Waals surface area contributed by atoms with Gasteiger partial charge < -0.3 is 9.47 Å². The standard InChI is InChI=1S/C26H26N4O2S/c1-20-8-10-22(11-9-20)18-33-26-29-27-19-30(26)28-17-23-12-13-24(25(16-23)31-2)32-15-14-21-6-4-3-5-7-21/h3-13,16-17,19H,14-15,18H2,1-2H3/b28-17+. The van der Waals surface area contributed by atoms with Crippen molar-refractivity contribution in [2.75, 3.05) is 13.7 Å². The Bertz CT molecular complexity index is 1190. The molecule has 0 fully saturated rings. The Labute approximate surface area is 198 Å². The molecule has 33 heavy (non-hydrogen) atoms. The van der Waals surface area contributed by atoms with Gasteiger partial charge in [0.2, 0.25) is 5.16 Å². The summed E-state index contributed by atoms with van der Waals surface area (Å²) in [5.41, 5.74) is 4.62. The number of aryl methyl sites for hydroxylation is 1. The minimum Gasteiger partial charge on any atom is -0.493 e. The van der Waals surface area contributed by atoms with Gasteiger partial charge in [0.1, 0.15) is 6.33 Å². The van der Waals surface area contributed by atoms with Crippen molar-refractivity contribution in [1.29, 1.82) is 0 Å². The summed E-state index contributed by atoms with van der Waals surface area (Å²) in [5.74, 6) is 2.19. The summed E-state index contributed by atoms with van der Waals surface area (Å²) in [6, 6.07) is 24.5. The van der Waals surface area contributed by atoms with Crippen molar-refractivity contribution in [3.63, 3.8) is 0 Å². The van der Waals surface area contributed by atoms with E-state index in [1.807, 2.05) is 36.4 Å². The number of hydrogen-bond donors (Lipinski definition) is 0. The summed E-state index contributed by atoms with van der Waals surface area (Å²) in [6.07, 6.45) is 4.20. The molecular formula is C26H26N4O2S. The lowest BCUT2D eigenvalue weighted by molar-refractivity contribution is 0.297. The second-order valence-corrected chi connectivity index (χ2v) is 8.41. The van der Waals surface area contributed by atoms with Crippen LogP contribution in [-0.4, -0.2) is 34.8 Å². The molecule has 1 aromatic heterocycles. The van der Waals surface area contributed by atoms with Crippen LogP contribution in [-0.2, 0) is 12.2 Å². The largest absolute Gasteiger partial charge is 0.493 e. The predicted molar refractivity (Wildman–Crippen MR) is 132 cm³/mol. The zero-order valence-corrected chi connectivity index (χ0v) is 19.5. The molecule has 0 aliphatic heterocycles. The van der Waals surface area contributed by atoms with Gasteiger partial charge in [-0.05, 0) is 41.8 Å². The predicted octanol–water partition coefficient (Wildman–Crippen LogP) is 5.39. The first-order valence-electron chi connectivity index (χ1n) is 10.7. The fourth-order valence-corrected chi connectivity index (χ4v) is 3.98. The molecule has 6 nitrogen and oxygen atoms in total. The van der Waals surface area contributed by atoms with E-state index in [0.29, 0.717) is 18.1 Å². The zero-order valence-electron chi connectivity index (χ0n) is 18.7. The molecule has 0 atom stereocenters. The quantitative estimate of drug-likeness (QED) is 0.235. The number of aromatic nitrogens is 3. The summed E-state index contributed by atoms with van der Waals surface area (Å²) < 4.78 is 13.1. The lowest BCUT2D eigenvalue weighted by Gasteiger charge is -2.11. The van der Waals surface area contributed by atoms with Gasteiger partial charge in [-0.1, -0.05) is 71.9 Å². The first-order chi connectivity index (χ1) is 16.2. The molecule has 4 aromatic rings. The smallest absolute Gasteiger partial charge is 0.212 e. The molecule has 4 rings (SSSR count). The van der Waals surface area contributed by atoms with Crippen molar-refractivity contribution in [3.05, 3.63) is 101 Å². The molecule has 168 valence electrons. The molecule has 7 heteroatoms. The number of rotatable bonds is 10. The summed E-state index contributed by atoms with van der Waals surface area (Å²) in [7, 11) is 1.64. The fourth-order valence-electron chi connectivity index (χ4n) is 3.16. The first-order valence-corrected chi connectivity index (χ1v) is 11.7. The molecule has 0 saturated heterocycles. The average Bonchev–Trinajstić information content (AvgIpc) is 3.31. The number of nitrogens with zero attached hydrogens (tertiary/aromatic N) is 4. The van der Waals surface area contributed by atoms with E-state index in [4.69, 9.17) is 9.47 Å². The third kappa shape index (κ3) is 6.46. The van der Waals surface area contributed by atoms with Crippen LogP contribution in [0.15, 0.2) is 89.4 Å². The van der Waals surface area contributed by atoms with E-state index >= 15 is 0 Å². The van der Waals surface area contributed by atoms with Gasteiger partial charge in [0, 0.05) is 12.2 Å². The van der Waals surface area contributed by atoms with Crippen LogP contribution >= 0.6 is 11.8 Å². The topological polar surface area (TPSA) is 61.5 Å². The molecule has 0 radical (unpaired) electrons. The fraction of sp³-hybridized carbons (Fsp3) is 0.192. The van der Waals surface area contributed by atoms with E-state index in [-0.39, 0.29) is 0 Å². The maximum Gasteiger partial charge on any atom is 0.212 e. The van der Waals surface area contributed by atoms with Gasteiger partial charge in [0.15, 0.2) is 11.5 Å². The first kappa shape index (κ1) is 22.6. The number of methoxy groups -OCH3 is 1. The molecule has 0 saturated carbocycles. The average molecular weight is 459 g/mol. The van der Waals surface area contributed by atoms with Crippen molar-refractivity contribution in [2.45, 2.75) is 24.3 Å². The van der Waals surface area contributed by atoms with E-state index < -0.39 is 0 Å². The van der Waals surface area contributed by atoms with Gasteiger partial charge in [-0.25, -0.2) is 0 Å². The van der Waals surface area contributed by atoms with E-state index in [2.05, 4.69) is 58.6 Å². The van der Waals surface area contributed by atoms with Crippen LogP contribution < -0.4 is 9.47 Å². The van der Waals surface area contributed by atoms with Crippen LogP contribution in [0.3, 0.4) is 0 Å². The minimum absolute atomic E-state index is 0.579. The SMILES string of the molecule is COc1cc(/C=N/n2cnnc2SCc2ccc(C)cc2)ccc1OCCc1ccccc1. The highest BCUT2D eigenvalue weighted by molar-refractivity contribution is 7.98. The third-order valence-corrected chi connectivity index (χ3v) is 6.00. The minimum atomic E-state index is 0.579. The van der Waals surface area contributed by atoms with Gasteiger partial charge in [-0.3, -0.25) is 0 Å².